The Labute approximate surface area is 208 Å². The van der Waals surface area contributed by atoms with Crippen molar-refractivity contribution < 1.29 is 18.0 Å². The number of piperazine rings is 1. The number of amides is 2. The van der Waals surface area contributed by atoms with E-state index in [2.05, 4.69) is 5.32 Å². The molecular formula is C27H35N3O4S. The van der Waals surface area contributed by atoms with Gasteiger partial charge in [0.05, 0.1) is 11.4 Å². The lowest BCUT2D eigenvalue weighted by molar-refractivity contribution is -0.133. The van der Waals surface area contributed by atoms with Gasteiger partial charge in [0, 0.05) is 18.3 Å². The Hall–Kier alpha value is -2.71. The topological polar surface area (TPSA) is 86.8 Å². The fraction of sp³-hybridized carbons (Fsp3) is 0.481. The number of nitrogens with one attached hydrogen (secondary N) is 1. The van der Waals surface area contributed by atoms with Gasteiger partial charge in [-0.25, -0.2) is 8.42 Å². The average Bonchev–Trinajstić information content (AvgIpc) is 2.82. The highest BCUT2D eigenvalue weighted by atomic mass is 32.2. The zero-order chi connectivity index (χ0) is 25.1. The van der Waals surface area contributed by atoms with Gasteiger partial charge in [-0.2, -0.15) is 4.31 Å². The predicted octanol–water partition coefficient (Wildman–Crippen LogP) is 4.02. The minimum atomic E-state index is -3.95. The third-order valence-corrected chi connectivity index (χ3v) is 8.95. The zero-order valence-electron chi connectivity index (χ0n) is 20.6. The highest BCUT2D eigenvalue weighted by molar-refractivity contribution is 7.89. The molecule has 2 aromatic carbocycles. The number of carbonyl (C=O) groups is 2. The maximum absolute atomic E-state index is 13.9. The van der Waals surface area contributed by atoms with E-state index < -0.39 is 21.5 Å². The van der Waals surface area contributed by atoms with Crippen LogP contribution >= 0.6 is 0 Å². The van der Waals surface area contributed by atoms with E-state index in [1.165, 1.54) is 23.5 Å². The second-order valence-electron chi connectivity index (χ2n) is 9.94. The largest absolute Gasteiger partial charge is 0.351 e. The minimum Gasteiger partial charge on any atom is -0.351 e. The number of benzene rings is 2. The number of carbonyl (C=O) groups excluding carboxylic acids is 2. The summed E-state index contributed by atoms with van der Waals surface area (Å²) in [6.07, 6.45) is 7.42. The molecule has 8 heteroatoms. The first-order valence-electron chi connectivity index (χ1n) is 12.5. The van der Waals surface area contributed by atoms with Crippen molar-refractivity contribution in [3.05, 3.63) is 60.2 Å². The maximum Gasteiger partial charge on any atom is 0.247 e. The molecule has 188 valence electrons. The summed E-state index contributed by atoms with van der Waals surface area (Å²) in [6, 6.07) is 15.5. The van der Waals surface area contributed by atoms with Crippen LogP contribution in [-0.2, 0) is 19.6 Å². The molecular weight excluding hydrogens is 462 g/mol. The molecule has 1 saturated heterocycles. The lowest BCUT2D eigenvalue weighted by atomic mass is 9.92. The molecule has 2 aliphatic rings. The summed E-state index contributed by atoms with van der Waals surface area (Å²) >= 11 is 0. The average molecular weight is 498 g/mol. The van der Waals surface area contributed by atoms with Gasteiger partial charge in [-0.15, -0.1) is 0 Å². The summed E-state index contributed by atoms with van der Waals surface area (Å²) in [6.45, 7) is 3.19. The molecule has 0 aromatic heterocycles. The molecule has 2 aromatic rings. The van der Waals surface area contributed by atoms with Crippen LogP contribution < -0.4 is 10.2 Å². The van der Waals surface area contributed by atoms with Crippen LogP contribution in [0.5, 0.6) is 0 Å². The molecule has 2 amide bonds. The van der Waals surface area contributed by atoms with Crippen molar-refractivity contribution in [2.45, 2.75) is 75.3 Å². The smallest absolute Gasteiger partial charge is 0.247 e. The van der Waals surface area contributed by atoms with Crippen LogP contribution in [-0.4, -0.2) is 49.2 Å². The number of anilines is 1. The maximum atomic E-state index is 13.9. The number of rotatable bonds is 5. The second-order valence-corrected chi connectivity index (χ2v) is 11.9. The van der Waals surface area contributed by atoms with E-state index >= 15 is 0 Å². The minimum absolute atomic E-state index is 0.0238. The van der Waals surface area contributed by atoms with Crippen molar-refractivity contribution in [1.82, 2.24) is 9.62 Å². The first-order chi connectivity index (χ1) is 16.7. The molecule has 1 N–H and O–H groups in total. The van der Waals surface area contributed by atoms with Crippen molar-refractivity contribution in [2.75, 3.05) is 18.0 Å². The van der Waals surface area contributed by atoms with Crippen molar-refractivity contribution in [2.24, 2.45) is 0 Å². The van der Waals surface area contributed by atoms with E-state index in [4.69, 9.17) is 0 Å². The highest BCUT2D eigenvalue weighted by Crippen LogP contribution is 2.33. The summed E-state index contributed by atoms with van der Waals surface area (Å²) in [5.41, 5.74) is 0.231. The van der Waals surface area contributed by atoms with Gasteiger partial charge in [-0.1, -0.05) is 68.0 Å². The van der Waals surface area contributed by atoms with Crippen LogP contribution in [0.3, 0.4) is 0 Å². The third kappa shape index (κ3) is 5.43. The van der Waals surface area contributed by atoms with Crippen LogP contribution in [0, 0.1) is 6.92 Å². The Morgan fingerprint density at radius 3 is 2.17 bits per heavy atom. The summed E-state index contributed by atoms with van der Waals surface area (Å²) in [7, 11) is -3.95. The summed E-state index contributed by atoms with van der Waals surface area (Å²) in [4.78, 5) is 29.0. The van der Waals surface area contributed by atoms with Gasteiger partial charge < -0.3 is 5.32 Å². The summed E-state index contributed by atoms with van der Waals surface area (Å²) in [5.74, 6) is -0.736. The molecule has 0 radical (unpaired) electrons. The monoisotopic (exact) mass is 497 g/mol. The van der Waals surface area contributed by atoms with Crippen molar-refractivity contribution in [3.63, 3.8) is 0 Å². The van der Waals surface area contributed by atoms with Crippen LogP contribution in [0.25, 0.3) is 0 Å². The summed E-state index contributed by atoms with van der Waals surface area (Å²) < 4.78 is 28.0. The molecule has 0 bridgehead atoms. The molecule has 1 aliphatic heterocycles. The van der Waals surface area contributed by atoms with Crippen molar-refractivity contribution in [1.29, 1.82) is 0 Å². The quantitative estimate of drug-likeness (QED) is 0.676. The Morgan fingerprint density at radius 1 is 0.943 bits per heavy atom. The molecule has 7 nitrogen and oxygen atoms in total. The van der Waals surface area contributed by atoms with Gasteiger partial charge in [0.15, 0.2) is 0 Å². The van der Waals surface area contributed by atoms with E-state index in [1.54, 1.807) is 25.1 Å². The Balaban J connectivity index is 1.69. The van der Waals surface area contributed by atoms with Crippen LogP contribution in [0.15, 0.2) is 59.5 Å². The number of sulfonamides is 1. The van der Waals surface area contributed by atoms with Gasteiger partial charge in [0.25, 0.3) is 0 Å². The molecule has 1 saturated carbocycles. The molecule has 1 unspecified atom stereocenters. The number of hydrogen-bond donors (Lipinski definition) is 1. The molecule has 4 rings (SSSR count). The fourth-order valence-electron chi connectivity index (χ4n) is 5.12. The van der Waals surface area contributed by atoms with Gasteiger partial charge in [-0.3, -0.25) is 14.5 Å². The third-order valence-electron chi connectivity index (χ3n) is 7.14. The van der Waals surface area contributed by atoms with E-state index in [9.17, 15) is 18.0 Å². The Kier molecular flexibility index (Phi) is 7.62. The second kappa shape index (κ2) is 10.5. The fourth-order valence-corrected chi connectivity index (χ4v) is 6.62. The van der Waals surface area contributed by atoms with Gasteiger partial charge in [0.2, 0.25) is 21.8 Å². The standard InChI is InChI=1S/C27H35N3O4S/c1-21-15-17-23(18-16-21)30-25(31)19-29(35(33,34)24-13-9-6-10-14-24)20-27(30,2)26(32)28-22-11-7-4-3-5-8-12-22/h6,9-10,13-18,22H,3-5,7-8,11-12,19-20H2,1-2H3,(H,28,32). The first kappa shape index (κ1) is 25.4. The van der Waals surface area contributed by atoms with Crippen molar-refractivity contribution >= 4 is 27.5 Å². The molecule has 1 aliphatic carbocycles. The summed E-state index contributed by atoms with van der Waals surface area (Å²) in [5, 5.41) is 3.19. The SMILES string of the molecule is Cc1ccc(N2C(=O)CN(S(=O)(=O)c3ccccc3)CC2(C)C(=O)NC2CCCCCCC2)cc1. The number of aryl methyl sites for hydroxylation is 1. The predicted molar refractivity (Wildman–Crippen MR) is 137 cm³/mol. The van der Waals surface area contributed by atoms with E-state index in [0.717, 1.165) is 48.4 Å². The molecule has 2 fully saturated rings. The van der Waals surface area contributed by atoms with E-state index in [1.807, 2.05) is 31.2 Å². The molecule has 1 heterocycles. The number of hydrogen-bond acceptors (Lipinski definition) is 4. The van der Waals surface area contributed by atoms with Crippen LogP contribution in [0.1, 0.15) is 57.4 Å². The first-order valence-corrected chi connectivity index (χ1v) is 13.9. The van der Waals surface area contributed by atoms with Crippen LogP contribution in [0.2, 0.25) is 0 Å². The highest BCUT2D eigenvalue weighted by Gasteiger charge is 2.51. The Morgan fingerprint density at radius 2 is 1.54 bits per heavy atom. The van der Waals surface area contributed by atoms with Crippen molar-refractivity contribution in [3.8, 4) is 0 Å². The van der Waals surface area contributed by atoms with E-state index in [0.29, 0.717) is 5.69 Å². The lowest BCUT2D eigenvalue weighted by Gasteiger charge is -2.47. The normalized spacial score (nSPS) is 22.9. The van der Waals surface area contributed by atoms with Gasteiger partial charge in [-0.05, 0) is 51.0 Å². The molecule has 0 spiro atoms. The van der Waals surface area contributed by atoms with Crippen LogP contribution in [0.4, 0.5) is 5.69 Å². The van der Waals surface area contributed by atoms with Gasteiger partial charge in [0.1, 0.15) is 5.54 Å². The lowest BCUT2D eigenvalue weighted by Crippen LogP contribution is -2.70. The molecule has 1 atom stereocenters. The number of nitrogens with zero attached hydrogens (tertiary/aromatic N) is 2. The molecule has 35 heavy (non-hydrogen) atoms. The van der Waals surface area contributed by atoms with Gasteiger partial charge >= 0.3 is 0 Å². The zero-order valence-corrected chi connectivity index (χ0v) is 21.4. The van der Waals surface area contributed by atoms with E-state index in [-0.39, 0.29) is 29.9 Å². The Bertz CT molecular complexity index is 1140.